The maximum atomic E-state index is 12.9. The first kappa shape index (κ1) is 19.8. The van der Waals surface area contributed by atoms with Gasteiger partial charge in [0.1, 0.15) is 5.58 Å². The Hall–Kier alpha value is -2.55. The van der Waals surface area contributed by atoms with Crippen molar-refractivity contribution in [2.45, 2.75) is 26.2 Å². The molecule has 146 valence electrons. The second-order valence-electron chi connectivity index (χ2n) is 7.28. The standard InChI is InChI=1S/C25H20Cl2O2/c1-16-8-10-22-21(11-9-17-4-2-6-19(26)13-17)23(25(28)29-24(22)12-16)15-18-5-3-7-20(27)14-18/h2-8,10,12-14H,9,11,15H2,1H3. The van der Waals surface area contributed by atoms with Crippen molar-refractivity contribution in [3.8, 4) is 0 Å². The van der Waals surface area contributed by atoms with Crippen LogP contribution in [-0.4, -0.2) is 0 Å². The van der Waals surface area contributed by atoms with E-state index in [1.165, 1.54) is 0 Å². The van der Waals surface area contributed by atoms with Gasteiger partial charge < -0.3 is 4.42 Å². The van der Waals surface area contributed by atoms with Gasteiger partial charge in [0.25, 0.3) is 0 Å². The lowest BCUT2D eigenvalue weighted by atomic mass is 9.93. The lowest BCUT2D eigenvalue weighted by Gasteiger charge is -2.13. The van der Waals surface area contributed by atoms with E-state index in [0.717, 1.165) is 45.5 Å². The molecular formula is C25H20Cl2O2. The minimum Gasteiger partial charge on any atom is -0.422 e. The number of aryl methyl sites for hydroxylation is 3. The van der Waals surface area contributed by atoms with Crippen LogP contribution in [0.4, 0.5) is 0 Å². The van der Waals surface area contributed by atoms with Crippen molar-refractivity contribution in [2.75, 3.05) is 0 Å². The van der Waals surface area contributed by atoms with Crippen molar-refractivity contribution in [3.05, 3.63) is 115 Å². The minimum atomic E-state index is -0.288. The van der Waals surface area contributed by atoms with Crippen LogP contribution >= 0.6 is 23.2 Å². The van der Waals surface area contributed by atoms with Crippen LogP contribution in [0.15, 0.2) is 75.9 Å². The van der Waals surface area contributed by atoms with E-state index in [1.54, 1.807) is 0 Å². The summed E-state index contributed by atoms with van der Waals surface area (Å²) in [5, 5.41) is 2.35. The smallest absolute Gasteiger partial charge is 0.340 e. The number of hydrogen-bond acceptors (Lipinski definition) is 2. The number of fused-ring (bicyclic) bond motifs is 1. The Morgan fingerprint density at radius 1 is 0.793 bits per heavy atom. The molecule has 0 saturated heterocycles. The van der Waals surface area contributed by atoms with Crippen molar-refractivity contribution in [1.82, 2.24) is 0 Å². The van der Waals surface area contributed by atoms with Crippen molar-refractivity contribution in [3.63, 3.8) is 0 Å². The van der Waals surface area contributed by atoms with Crippen LogP contribution in [0.5, 0.6) is 0 Å². The lowest BCUT2D eigenvalue weighted by molar-refractivity contribution is 0.549. The molecule has 0 bridgehead atoms. The lowest BCUT2D eigenvalue weighted by Crippen LogP contribution is -2.13. The third-order valence-corrected chi connectivity index (χ3v) is 5.57. The van der Waals surface area contributed by atoms with Gasteiger partial charge in [-0.2, -0.15) is 0 Å². The first-order valence-corrected chi connectivity index (χ1v) is 10.3. The molecule has 0 saturated carbocycles. The summed E-state index contributed by atoms with van der Waals surface area (Å²) in [5.41, 5.74) is 5.24. The Morgan fingerprint density at radius 2 is 1.48 bits per heavy atom. The summed E-state index contributed by atoms with van der Waals surface area (Å²) in [6.07, 6.45) is 1.99. The Labute approximate surface area is 179 Å². The average molecular weight is 423 g/mol. The van der Waals surface area contributed by atoms with Crippen LogP contribution in [0.3, 0.4) is 0 Å². The SMILES string of the molecule is Cc1ccc2c(CCc3cccc(Cl)c3)c(Cc3cccc(Cl)c3)c(=O)oc2c1. The third kappa shape index (κ3) is 4.55. The van der Waals surface area contributed by atoms with E-state index in [1.807, 2.05) is 67.6 Å². The molecular weight excluding hydrogens is 403 g/mol. The second-order valence-corrected chi connectivity index (χ2v) is 8.16. The van der Waals surface area contributed by atoms with Gasteiger partial charge in [0.2, 0.25) is 0 Å². The zero-order valence-electron chi connectivity index (χ0n) is 16.0. The maximum Gasteiger partial charge on any atom is 0.340 e. The van der Waals surface area contributed by atoms with Gasteiger partial charge in [0.15, 0.2) is 0 Å². The summed E-state index contributed by atoms with van der Waals surface area (Å²) < 4.78 is 5.68. The first-order valence-electron chi connectivity index (χ1n) is 9.54. The molecule has 29 heavy (non-hydrogen) atoms. The normalized spacial score (nSPS) is 11.1. The zero-order valence-corrected chi connectivity index (χ0v) is 17.6. The van der Waals surface area contributed by atoms with Crippen molar-refractivity contribution in [2.24, 2.45) is 0 Å². The highest BCUT2D eigenvalue weighted by molar-refractivity contribution is 6.30. The van der Waals surface area contributed by atoms with Crippen LogP contribution < -0.4 is 5.63 Å². The summed E-state index contributed by atoms with van der Waals surface area (Å²) in [5.74, 6) is 0. The van der Waals surface area contributed by atoms with Crippen molar-refractivity contribution in [1.29, 1.82) is 0 Å². The van der Waals surface area contributed by atoms with E-state index >= 15 is 0 Å². The highest BCUT2D eigenvalue weighted by atomic mass is 35.5. The Kier molecular flexibility index (Phi) is 5.75. The van der Waals surface area contributed by atoms with Crippen LogP contribution in [0.1, 0.15) is 27.8 Å². The molecule has 0 spiro atoms. The molecule has 3 aromatic carbocycles. The Morgan fingerprint density at radius 3 is 2.21 bits per heavy atom. The number of benzene rings is 3. The summed E-state index contributed by atoms with van der Waals surface area (Å²) in [7, 11) is 0. The second kappa shape index (κ2) is 8.44. The molecule has 2 nitrogen and oxygen atoms in total. The van der Waals surface area contributed by atoms with E-state index in [9.17, 15) is 4.79 Å². The van der Waals surface area contributed by atoms with Crippen LogP contribution in [0.2, 0.25) is 10.0 Å². The molecule has 0 unspecified atom stereocenters. The molecule has 0 N–H and O–H groups in total. The summed E-state index contributed by atoms with van der Waals surface area (Å²) in [6, 6.07) is 21.4. The first-order chi connectivity index (χ1) is 14.0. The monoisotopic (exact) mass is 422 g/mol. The minimum absolute atomic E-state index is 0.288. The molecule has 1 aromatic heterocycles. The van der Waals surface area contributed by atoms with Gasteiger partial charge in [-0.05, 0) is 72.4 Å². The van der Waals surface area contributed by atoms with E-state index in [-0.39, 0.29) is 5.63 Å². The topological polar surface area (TPSA) is 30.2 Å². The quantitative estimate of drug-likeness (QED) is 0.331. The Balaban J connectivity index is 1.80. The predicted octanol–water partition coefficient (Wildman–Crippen LogP) is 6.78. The van der Waals surface area contributed by atoms with Gasteiger partial charge in [-0.15, -0.1) is 0 Å². The molecule has 0 radical (unpaired) electrons. The number of hydrogen-bond donors (Lipinski definition) is 0. The largest absolute Gasteiger partial charge is 0.422 e. The fraction of sp³-hybridized carbons (Fsp3) is 0.160. The van der Waals surface area contributed by atoms with Gasteiger partial charge in [-0.3, -0.25) is 0 Å². The summed E-state index contributed by atoms with van der Waals surface area (Å²) in [4.78, 5) is 12.9. The van der Waals surface area contributed by atoms with Crippen molar-refractivity contribution < 1.29 is 4.42 Å². The van der Waals surface area contributed by atoms with Gasteiger partial charge in [-0.1, -0.05) is 59.6 Å². The summed E-state index contributed by atoms with van der Waals surface area (Å²) >= 11 is 12.3. The fourth-order valence-electron chi connectivity index (χ4n) is 3.69. The highest BCUT2D eigenvalue weighted by Gasteiger charge is 2.16. The molecule has 0 aliphatic rings. The molecule has 0 aliphatic heterocycles. The Bertz CT molecular complexity index is 1240. The molecule has 4 aromatic rings. The van der Waals surface area contributed by atoms with Gasteiger partial charge in [-0.25, -0.2) is 4.79 Å². The van der Waals surface area contributed by atoms with Gasteiger partial charge >= 0.3 is 5.63 Å². The van der Waals surface area contributed by atoms with Gasteiger partial charge in [0, 0.05) is 27.4 Å². The van der Waals surface area contributed by atoms with E-state index in [0.29, 0.717) is 22.6 Å². The predicted molar refractivity (Wildman–Crippen MR) is 120 cm³/mol. The molecule has 4 heteroatoms. The molecule has 1 heterocycles. The van der Waals surface area contributed by atoms with Gasteiger partial charge in [0.05, 0.1) is 0 Å². The fourth-order valence-corrected chi connectivity index (χ4v) is 4.11. The van der Waals surface area contributed by atoms with E-state index in [4.69, 9.17) is 27.6 Å². The van der Waals surface area contributed by atoms with Crippen LogP contribution in [0, 0.1) is 6.92 Å². The molecule has 0 aliphatic carbocycles. The van der Waals surface area contributed by atoms with E-state index in [2.05, 4.69) is 6.07 Å². The molecule has 0 fully saturated rings. The van der Waals surface area contributed by atoms with E-state index < -0.39 is 0 Å². The summed E-state index contributed by atoms with van der Waals surface area (Å²) in [6.45, 7) is 1.99. The average Bonchev–Trinajstić information content (AvgIpc) is 2.68. The third-order valence-electron chi connectivity index (χ3n) is 5.10. The highest BCUT2D eigenvalue weighted by Crippen LogP contribution is 2.26. The molecule has 0 atom stereocenters. The zero-order chi connectivity index (χ0) is 20.4. The number of halogens is 2. The maximum absolute atomic E-state index is 12.9. The molecule has 0 amide bonds. The van der Waals surface area contributed by atoms with Crippen LogP contribution in [-0.2, 0) is 19.3 Å². The van der Waals surface area contributed by atoms with Crippen molar-refractivity contribution >= 4 is 34.2 Å². The molecule has 4 rings (SSSR count). The number of rotatable bonds is 5. The van der Waals surface area contributed by atoms with Crippen LogP contribution in [0.25, 0.3) is 11.0 Å².